The molecule has 1 saturated heterocycles. The maximum Gasteiger partial charge on any atom is 0.323 e. The molecule has 1 fully saturated rings. The molecule has 2 rings (SSSR count). The van der Waals surface area contributed by atoms with Crippen molar-refractivity contribution < 1.29 is 9.53 Å². The Balaban J connectivity index is 1.92. The Kier molecular flexibility index (Phi) is 5.06. The molecule has 110 valence electrons. The van der Waals surface area contributed by atoms with E-state index >= 15 is 0 Å². The van der Waals surface area contributed by atoms with Gasteiger partial charge in [-0.15, -0.1) is 0 Å². The number of benzene rings is 1. The summed E-state index contributed by atoms with van der Waals surface area (Å²) in [6.07, 6.45) is 3.78. The second-order valence-corrected chi connectivity index (χ2v) is 6.42. The fraction of sp³-hybridized carbons (Fsp3) is 0.562. The highest BCUT2D eigenvalue weighted by Crippen LogP contribution is 2.20. The largest absolute Gasteiger partial charge is 0.458 e. The van der Waals surface area contributed by atoms with Gasteiger partial charge in [0.1, 0.15) is 11.6 Å². The number of halogens is 1. The highest BCUT2D eigenvalue weighted by Gasteiger charge is 2.29. The van der Waals surface area contributed by atoms with Crippen molar-refractivity contribution in [2.75, 3.05) is 6.54 Å². The molecule has 0 aliphatic carbocycles. The van der Waals surface area contributed by atoms with E-state index in [1.807, 2.05) is 38.1 Å². The minimum atomic E-state index is -0.510. The van der Waals surface area contributed by atoms with Crippen LogP contribution in [0.2, 0.25) is 5.02 Å². The standard InChI is InChI=1S/C16H22ClNO2/c1-16(2,11-12-6-8-13(17)9-7-12)20-15(19)14-5-3-4-10-18-14/h6-9,14,18H,3-5,10-11H2,1-2H3. The summed E-state index contributed by atoms with van der Waals surface area (Å²) in [5.41, 5.74) is 0.605. The van der Waals surface area contributed by atoms with Gasteiger partial charge in [-0.2, -0.15) is 0 Å². The van der Waals surface area contributed by atoms with E-state index < -0.39 is 5.60 Å². The molecule has 0 bridgehead atoms. The quantitative estimate of drug-likeness (QED) is 0.866. The van der Waals surface area contributed by atoms with Crippen LogP contribution in [0.4, 0.5) is 0 Å². The molecule has 0 aromatic heterocycles. The summed E-state index contributed by atoms with van der Waals surface area (Å²) in [5, 5.41) is 3.94. The molecule has 1 aliphatic rings. The molecule has 1 aliphatic heterocycles. The highest BCUT2D eigenvalue weighted by molar-refractivity contribution is 6.30. The van der Waals surface area contributed by atoms with Gasteiger partial charge in [0.15, 0.2) is 0 Å². The van der Waals surface area contributed by atoms with E-state index in [2.05, 4.69) is 5.32 Å². The molecular weight excluding hydrogens is 274 g/mol. The number of hydrogen-bond acceptors (Lipinski definition) is 3. The number of nitrogens with one attached hydrogen (secondary N) is 1. The molecule has 1 heterocycles. The lowest BCUT2D eigenvalue weighted by atomic mass is 9.98. The summed E-state index contributed by atoms with van der Waals surface area (Å²) in [5.74, 6) is -0.135. The van der Waals surface area contributed by atoms with E-state index in [4.69, 9.17) is 16.3 Å². The third-order valence-corrected chi connectivity index (χ3v) is 3.77. The molecule has 3 nitrogen and oxygen atoms in total. The molecule has 1 aromatic carbocycles. The number of carbonyl (C=O) groups is 1. The van der Waals surface area contributed by atoms with Crippen LogP contribution in [0.1, 0.15) is 38.7 Å². The van der Waals surface area contributed by atoms with Crippen molar-refractivity contribution in [3.63, 3.8) is 0 Å². The average molecular weight is 296 g/mol. The van der Waals surface area contributed by atoms with E-state index in [9.17, 15) is 4.79 Å². The number of esters is 1. The average Bonchev–Trinajstić information content (AvgIpc) is 2.41. The van der Waals surface area contributed by atoms with Gasteiger partial charge in [-0.25, -0.2) is 0 Å². The van der Waals surface area contributed by atoms with Crippen LogP contribution in [0.15, 0.2) is 24.3 Å². The first-order chi connectivity index (χ1) is 9.46. The summed E-state index contributed by atoms with van der Waals surface area (Å²) in [7, 11) is 0. The molecule has 1 aromatic rings. The number of piperidine rings is 1. The molecule has 0 spiro atoms. The van der Waals surface area contributed by atoms with Gasteiger partial charge in [-0.05, 0) is 50.9 Å². The van der Waals surface area contributed by atoms with Crippen LogP contribution in [-0.4, -0.2) is 24.2 Å². The van der Waals surface area contributed by atoms with Crippen LogP contribution in [0.3, 0.4) is 0 Å². The Labute approximate surface area is 125 Å². The lowest BCUT2D eigenvalue weighted by molar-refractivity contribution is -0.159. The van der Waals surface area contributed by atoms with Crippen LogP contribution >= 0.6 is 11.6 Å². The summed E-state index contributed by atoms with van der Waals surface area (Å²) in [4.78, 5) is 12.2. The maximum atomic E-state index is 12.2. The van der Waals surface area contributed by atoms with Crippen molar-refractivity contribution in [2.24, 2.45) is 0 Å². The number of rotatable bonds is 4. The first kappa shape index (κ1) is 15.3. The molecule has 0 amide bonds. The molecular formula is C16H22ClNO2. The molecule has 20 heavy (non-hydrogen) atoms. The predicted molar refractivity (Wildman–Crippen MR) is 81.0 cm³/mol. The van der Waals surface area contributed by atoms with Gasteiger partial charge < -0.3 is 10.1 Å². The van der Waals surface area contributed by atoms with E-state index in [0.717, 1.165) is 36.4 Å². The molecule has 1 atom stereocenters. The SMILES string of the molecule is CC(C)(Cc1ccc(Cl)cc1)OC(=O)C1CCCCN1. The number of ether oxygens (including phenoxy) is 1. The molecule has 0 radical (unpaired) electrons. The van der Waals surface area contributed by atoms with Gasteiger partial charge in [0.05, 0.1) is 0 Å². The first-order valence-electron chi connectivity index (χ1n) is 7.17. The van der Waals surface area contributed by atoms with E-state index in [-0.39, 0.29) is 12.0 Å². The zero-order chi connectivity index (χ0) is 14.6. The topological polar surface area (TPSA) is 38.3 Å². The van der Waals surface area contributed by atoms with E-state index in [1.165, 1.54) is 0 Å². The Morgan fingerprint density at radius 3 is 2.65 bits per heavy atom. The minimum Gasteiger partial charge on any atom is -0.458 e. The summed E-state index contributed by atoms with van der Waals surface area (Å²) in [6.45, 7) is 4.79. The Morgan fingerprint density at radius 1 is 1.35 bits per heavy atom. The lowest BCUT2D eigenvalue weighted by Gasteiger charge is -2.29. The van der Waals surface area contributed by atoms with Crippen molar-refractivity contribution >= 4 is 17.6 Å². The smallest absolute Gasteiger partial charge is 0.323 e. The van der Waals surface area contributed by atoms with E-state index in [0.29, 0.717) is 6.42 Å². The van der Waals surface area contributed by atoms with Gasteiger partial charge in [0, 0.05) is 11.4 Å². The predicted octanol–water partition coefficient (Wildman–Crippen LogP) is 3.35. The third-order valence-electron chi connectivity index (χ3n) is 3.51. The summed E-state index contributed by atoms with van der Waals surface area (Å²) in [6, 6.07) is 7.51. The van der Waals surface area contributed by atoms with Crippen molar-refractivity contribution in [3.8, 4) is 0 Å². The van der Waals surface area contributed by atoms with Crippen LogP contribution < -0.4 is 5.32 Å². The molecule has 1 unspecified atom stereocenters. The first-order valence-corrected chi connectivity index (χ1v) is 7.55. The Morgan fingerprint density at radius 2 is 2.05 bits per heavy atom. The van der Waals surface area contributed by atoms with Crippen LogP contribution in [-0.2, 0) is 16.0 Å². The molecule has 4 heteroatoms. The monoisotopic (exact) mass is 295 g/mol. The van der Waals surface area contributed by atoms with Crippen LogP contribution in [0.5, 0.6) is 0 Å². The Hall–Kier alpha value is -1.06. The second kappa shape index (κ2) is 6.59. The second-order valence-electron chi connectivity index (χ2n) is 5.99. The van der Waals surface area contributed by atoms with Gasteiger partial charge >= 0.3 is 5.97 Å². The van der Waals surface area contributed by atoms with Gasteiger partial charge in [-0.1, -0.05) is 30.2 Å². The van der Waals surface area contributed by atoms with Gasteiger partial charge in [0.2, 0.25) is 0 Å². The van der Waals surface area contributed by atoms with Gasteiger partial charge in [-0.3, -0.25) is 4.79 Å². The molecule has 0 saturated carbocycles. The zero-order valence-electron chi connectivity index (χ0n) is 12.1. The highest BCUT2D eigenvalue weighted by atomic mass is 35.5. The summed E-state index contributed by atoms with van der Waals surface area (Å²) < 4.78 is 5.68. The summed E-state index contributed by atoms with van der Waals surface area (Å²) >= 11 is 5.88. The fourth-order valence-corrected chi connectivity index (χ4v) is 2.65. The number of carbonyl (C=O) groups excluding carboxylic acids is 1. The van der Waals surface area contributed by atoms with E-state index in [1.54, 1.807) is 0 Å². The maximum absolute atomic E-state index is 12.2. The normalized spacial score (nSPS) is 19.6. The van der Waals surface area contributed by atoms with Crippen molar-refractivity contribution in [1.29, 1.82) is 0 Å². The lowest BCUT2D eigenvalue weighted by Crippen LogP contribution is -2.45. The van der Waals surface area contributed by atoms with Crippen molar-refractivity contribution in [3.05, 3.63) is 34.9 Å². The van der Waals surface area contributed by atoms with Crippen molar-refractivity contribution in [1.82, 2.24) is 5.32 Å². The van der Waals surface area contributed by atoms with Crippen LogP contribution in [0, 0.1) is 0 Å². The minimum absolute atomic E-state index is 0.135. The van der Waals surface area contributed by atoms with Crippen LogP contribution in [0.25, 0.3) is 0 Å². The Bertz CT molecular complexity index is 450. The zero-order valence-corrected chi connectivity index (χ0v) is 12.9. The third kappa shape index (κ3) is 4.50. The van der Waals surface area contributed by atoms with Gasteiger partial charge in [0.25, 0.3) is 0 Å². The molecule has 1 N–H and O–H groups in total. The fourth-order valence-electron chi connectivity index (χ4n) is 2.53. The van der Waals surface area contributed by atoms with Crippen molar-refractivity contribution in [2.45, 2.75) is 51.2 Å². The number of hydrogen-bond donors (Lipinski definition) is 1.